The molecule has 0 saturated heterocycles. The van der Waals surface area contributed by atoms with Crippen LogP contribution in [0, 0.1) is 0 Å². The van der Waals surface area contributed by atoms with Crippen molar-refractivity contribution in [3.8, 4) is 0 Å². The van der Waals surface area contributed by atoms with Gasteiger partial charge >= 0.3 is 11.1 Å². The summed E-state index contributed by atoms with van der Waals surface area (Å²) in [5.74, 6) is 0. The summed E-state index contributed by atoms with van der Waals surface area (Å²) in [6.07, 6.45) is 0. The summed E-state index contributed by atoms with van der Waals surface area (Å²) in [6, 6.07) is 4.40. The van der Waals surface area contributed by atoms with E-state index in [-0.39, 0.29) is 4.90 Å². The molecular weight excluding hydrogens is 294 g/mol. The summed E-state index contributed by atoms with van der Waals surface area (Å²) in [7, 11) is 0.731. The molecule has 0 fully saturated rings. The minimum absolute atomic E-state index is 0.0799. The van der Waals surface area contributed by atoms with Crippen LogP contribution in [-0.4, -0.2) is 36.0 Å². The third-order valence-corrected chi connectivity index (χ3v) is 5.24. The summed E-state index contributed by atoms with van der Waals surface area (Å²) in [5, 5.41) is 0. The number of aromatic nitrogens is 2. The van der Waals surface area contributed by atoms with Gasteiger partial charge in [-0.3, -0.25) is 9.59 Å². The van der Waals surface area contributed by atoms with E-state index in [1.165, 1.54) is 42.4 Å². The van der Waals surface area contributed by atoms with Crippen LogP contribution in [0.1, 0.15) is 6.92 Å². The summed E-state index contributed by atoms with van der Waals surface area (Å²) in [4.78, 5) is 23.9. The topological polar surface area (TPSA) is 81.4 Å². The maximum absolute atomic E-state index is 12.2. The first kappa shape index (κ1) is 15.5. The van der Waals surface area contributed by atoms with Crippen molar-refractivity contribution in [1.29, 1.82) is 0 Å². The van der Waals surface area contributed by atoms with E-state index in [4.69, 9.17) is 0 Å². The van der Waals surface area contributed by atoms with E-state index >= 15 is 0 Å². The van der Waals surface area contributed by atoms with Crippen molar-refractivity contribution in [3.63, 3.8) is 0 Å². The first-order valence-corrected chi connectivity index (χ1v) is 7.82. The predicted octanol–water partition coefficient (Wildman–Crippen LogP) is -0.0296. The van der Waals surface area contributed by atoms with E-state index in [1.807, 2.05) is 0 Å². The highest BCUT2D eigenvalue weighted by atomic mass is 32.2. The zero-order valence-corrected chi connectivity index (χ0v) is 13.1. The summed E-state index contributed by atoms with van der Waals surface area (Å²) in [5.41, 5.74) is -0.355. The average molecular weight is 311 g/mol. The van der Waals surface area contributed by atoms with Gasteiger partial charge in [0.05, 0.1) is 15.9 Å². The highest BCUT2D eigenvalue weighted by Crippen LogP contribution is 2.19. The predicted molar refractivity (Wildman–Crippen MR) is 80.0 cm³/mol. The molecule has 0 radical (unpaired) electrons. The van der Waals surface area contributed by atoms with Crippen molar-refractivity contribution in [3.05, 3.63) is 38.9 Å². The molecule has 0 aliphatic heterocycles. The molecule has 1 heterocycles. The van der Waals surface area contributed by atoms with Gasteiger partial charge in [0.15, 0.2) is 0 Å². The first-order chi connectivity index (χ1) is 9.71. The Hall–Kier alpha value is -1.93. The van der Waals surface area contributed by atoms with E-state index in [0.29, 0.717) is 17.6 Å². The highest BCUT2D eigenvalue weighted by Gasteiger charge is 2.19. The van der Waals surface area contributed by atoms with Crippen LogP contribution in [0.4, 0.5) is 0 Å². The van der Waals surface area contributed by atoms with Gasteiger partial charge in [0.1, 0.15) is 0 Å². The van der Waals surface area contributed by atoms with Gasteiger partial charge in [0.2, 0.25) is 10.0 Å². The van der Waals surface area contributed by atoms with Crippen LogP contribution in [0.3, 0.4) is 0 Å². The molecule has 0 aliphatic rings. The van der Waals surface area contributed by atoms with Crippen molar-refractivity contribution >= 4 is 21.1 Å². The molecule has 114 valence electrons. The average Bonchev–Trinajstić information content (AvgIpc) is 2.45. The van der Waals surface area contributed by atoms with E-state index in [9.17, 15) is 18.0 Å². The first-order valence-electron chi connectivity index (χ1n) is 6.38. The molecule has 1 aromatic carbocycles. The lowest BCUT2D eigenvalue weighted by molar-refractivity contribution is 0.521. The molecule has 0 atom stereocenters. The van der Waals surface area contributed by atoms with E-state index in [2.05, 4.69) is 0 Å². The molecule has 0 spiro atoms. The molecule has 2 aromatic rings. The maximum atomic E-state index is 12.2. The third-order valence-electron chi connectivity index (χ3n) is 3.43. The van der Waals surface area contributed by atoms with Crippen molar-refractivity contribution in [2.45, 2.75) is 18.4 Å². The van der Waals surface area contributed by atoms with Gasteiger partial charge in [0.25, 0.3) is 0 Å². The largest absolute Gasteiger partial charge is 0.316 e. The fourth-order valence-electron chi connectivity index (χ4n) is 2.16. The zero-order valence-electron chi connectivity index (χ0n) is 12.3. The Bertz CT molecular complexity index is 923. The number of benzene rings is 1. The van der Waals surface area contributed by atoms with Gasteiger partial charge in [0, 0.05) is 27.7 Å². The summed E-state index contributed by atoms with van der Waals surface area (Å²) in [6.45, 7) is 2.09. The Kier molecular flexibility index (Phi) is 3.77. The fourth-order valence-corrected chi connectivity index (χ4v) is 3.09. The Morgan fingerprint density at radius 1 is 1.10 bits per heavy atom. The molecule has 1 aromatic heterocycles. The van der Waals surface area contributed by atoms with Crippen molar-refractivity contribution < 1.29 is 8.42 Å². The standard InChI is InChI=1S/C13H17N3O4S/c1-5-16-10-7-6-9(21(19,20)14(2)3)8-11(10)15(4)12(17)13(16)18/h6-8H,5H2,1-4H3. The Balaban J connectivity index is 2.94. The van der Waals surface area contributed by atoms with Gasteiger partial charge in [-0.05, 0) is 25.1 Å². The number of hydrogen-bond donors (Lipinski definition) is 0. The molecule has 0 unspecified atom stereocenters. The van der Waals surface area contributed by atoms with Gasteiger partial charge in [-0.25, -0.2) is 12.7 Å². The number of rotatable bonds is 3. The number of aryl methyl sites for hydroxylation is 2. The van der Waals surface area contributed by atoms with Crippen molar-refractivity contribution in [2.24, 2.45) is 7.05 Å². The second-order valence-electron chi connectivity index (χ2n) is 4.85. The van der Waals surface area contributed by atoms with Crippen LogP contribution in [0.15, 0.2) is 32.7 Å². The van der Waals surface area contributed by atoms with Gasteiger partial charge in [-0.1, -0.05) is 0 Å². The molecular formula is C13H17N3O4S. The number of fused-ring (bicyclic) bond motifs is 1. The zero-order chi connectivity index (χ0) is 15.9. The number of sulfonamides is 1. The Morgan fingerprint density at radius 3 is 2.24 bits per heavy atom. The minimum atomic E-state index is -3.60. The summed E-state index contributed by atoms with van der Waals surface area (Å²) >= 11 is 0. The minimum Gasteiger partial charge on any atom is -0.305 e. The number of hydrogen-bond acceptors (Lipinski definition) is 4. The molecule has 21 heavy (non-hydrogen) atoms. The van der Waals surface area contributed by atoms with E-state index < -0.39 is 21.1 Å². The Labute approximate surface area is 122 Å². The maximum Gasteiger partial charge on any atom is 0.316 e. The second-order valence-corrected chi connectivity index (χ2v) is 7.00. The van der Waals surface area contributed by atoms with Gasteiger partial charge < -0.3 is 9.13 Å². The molecule has 0 saturated carbocycles. The molecule has 0 aliphatic carbocycles. The lowest BCUT2D eigenvalue weighted by Crippen LogP contribution is -2.40. The van der Waals surface area contributed by atoms with E-state index in [1.54, 1.807) is 13.0 Å². The van der Waals surface area contributed by atoms with Crippen LogP contribution < -0.4 is 11.1 Å². The van der Waals surface area contributed by atoms with Crippen LogP contribution in [0.25, 0.3) is 11.0 Å². The van der Waals surface area contributed by atoms with E-state index in [0.717, 1.165) is 4.31 Å². The monoisotopic (exact) mass is 311 g/mol. The molecule has 7 nitrogen and oxygen atoms in total. The molecule has 2 rings (SSSR count). The third kappa shape index (κ3) is 2.30. The summed E-state index contributed by atoms with van der Waals surface area (Å²) < 4.78 is 27.9. The Morgan fingerprint density at radius 2 is 1.71 bits per heavy atom. The van der Waals surface area contributed by atoms with Crippen LogP contribution >= 0.6 is 0 Å². The SMILES string of the molecule is CCn1c(=O)c(=O)n(C)c2cc(S(=O)(=O)N(C)C)ccc21. The lowest BCUT2D eigenvalue weighted by atomic mass is 10.3. The molecule has 0 amide bonds. The van der Waals surface area contributed by atoms with Crippen LogP contribution in [-0.2, 0) is 23.6 Å². The van der Waals surface area contributed by atoms with Crippen LogP contribution in [0.2, 0.25) is 0 Å². The second kappa shape index (κ2) is 5.12. The number of nitrogens with zero attached hydrogens (tertiary/aromatic N) is 3. The fraction of sp³-hybridized carbons (Fsp3) is 0.385. The normalized spacial score (nSPS) is 12.2. The van der Waals surface area contributed by atoms with Gasteiger partial charge in [-0.2, -0.15) is 0 Å². The quantitative estimate of drug-likeness (QED) is 0.746. The lowest BCUT2D eigenvalue weighted by Gasteiger charge is -2.14. The molecule has 8 heteroatoms. The highest BCUT2D eigenvalue weighted by molar-refractivity contribution is 7.89. The molecule has 0 N–H and O–H groups in total. The molecule has 0 bridgehead atoms. The van der Waals surface area contributed by atoms with Gasteiger partial charge in [-0.15, -0.1) is 0 Å². The van der Waals surface area contributed by atoms with Crippen molar-refractivity contribution in [1.82, 2.24) is 13.4 Å². The smallest absolute Gasteiger partial charge is 0.305 e. The van der Waals surface area contributed by atoms with Crippen LogP contribution in [0.5, 0.6) is 0 Å². The van der Waals surface area contributed by atoms with Crippen molar-refractivity contribution in [2.75, 3.05) is 14.1 Å².